The first-order valence-corrected chi connectivity index (χ1v) is 10.4. The highest BCUT2D eigenvalue weighted by molar-refractivity contribution is 6.30. The van der Waals surface area contributed by atoms with E-state index in [4.69, 9.17) is 21.1 Å². The van der Waals surface area contributed by atoms with Crippen molar-refractivity contribution in [2.24, 2.45) is 5.92 Å². The Morgan fingerprint density at radius 2 is 1.71 bits per heavy atom. The van der Waals surface area contributed by atoms with Crippen molar-refractivity contribution in [2.75, 3.05) is 20.8 Å². The molecule has 0 saturated heterocycles. The Labute approximate surface area is 186 Å². The average molecular weight is 447 g/mol. The molecule has 1 aliphatic heterocycles. The van der Waals surface area contributed by atoms with Crippen LogP contribution in [-0.4, -0.2) is 48.6 Å². The lowest BCUT2D eigenvalue weighted by Gasteiger charge is -2.36. The van der Waals surface area contributed by atoms with Crippen LogP contribution < -0.4 is 14.8 Å². The number of aliphatic hydroxyl groups is 1. The number of carbonyl (C=O) groups is 2. The fourth-order valence-electron chi connectivity index (χ4n) is 3.78. The normalized spacial score (nSPS) is 16.5. The molecule has 1 heterocycles. The maximum absolute atomic E-state index is 13.4. The van der Waals surface area contributed by atoms with Crippen LogP contribution in [0.2, 0.25) is 5.02 Å². The Kier molecular flexibility index (Phi) is 7.08. The van der Waals surface area contributed by atoms with Gasteiger partial charge < -0.3 is 24.8 Å². The zero-order valence-electron chi connectivity index (χ0n) is 18.0. The molecule has 0 spiro atoms. The smallest absolute Gasteiger partial charge is 0.251 e. The fourth-order valence-corrected chi connectivity index (χ4v) is 3.91. The van der Waals surface area contributed by atoms with Gasteiger partial charge in [0.2, 0.25) is 5.91 Å². The quantitative estimate of drug-likeness (QED) is 0.711. The molecule has 2 atom stereocenters. The number of nitrogens with zero attached hydrogens (tertiary/aromatic N) is 1. The van der Waals surface area contributed by atoms with E-state index in [-0.39, 0.29) is 30.8 Å². The molecule has 2 amide bonds. The molecule has 0 bridgehead atoms. The maximum atomic E-state index is 13.4. The molecular formula is C23H27ClN2O5. The van der Waals surface area contributed by atoms with Gasteiger partial charge in [-0.2, -0.15) is 0 Å². The van der Waals surface area contributed by atoms with Gasteiger partial charge in [-0.15, -0.1) is 0 Å². The number of amides is 2. The molecule has 3 rings (SSSR count). The maximum Gasteiger partial charge on any atom is 0.251 e. The highest BCUT2D eigenvalue weighted by atomic mass is 35.5. The Bertz CT molecular complexity index is 961. The summed E-state index contributed by atoms with van der Waals surface area (Å²) < 4.78 is 10.8. The van der Waals surface area contributed by atoms with Crippen LogP contribution >= 0.6 is 11.6 Å². The number of benzene rings is 2. The van der Waals surface area contributed by atoms with Crippen LogP contribution in [0, 0.1) is 5.92 Å². The predicted molar refractivity (Wildman–Crippen MR) is 117 cm³/mol. The number of aliphatic hydroxyl groups excluding tert-OH is 1. The molecule has 0 radical (unpaired) electrons. The molecule has 2 aromatic carbocycles. The Hall–Kier alpha value is -2.77. The second-order valence-electron chi connectivity index (χ2n) is 7.80. The standard InChI is InChI=1S/C23H27ClN2O5/c1-13(2)21(25-22(28)14-5-7-15(24)8-6-14)23(29)26-11-16-18(30-3)9-10-19(31-4)20(16)17(27)12-26/h5-10,13,17,21,27H,11-12H2,1-4H3,(H,25,28)/t17-,21+/m1/s1. The summed E-state index contributed by atoms with van der Waals surface area (Å²) in [6.45, 7) is 4.06. The first kappa shape index (κ1) is 22.9. The molecule has 0 saturated carbocycles. The van der Waals surface area contributed by atoms with E-state index in [0.717, 1.165) is 0 Å². The molecule has 0 unspecified atom stereocenters. The van der Waals surface area contributed by atoms with Crippen molar-refractivity contribution in [3.63, 3.8) is 0 Å². The van der Waals surface area contributed by atoms with Crippen LogP contribution in [0.15, 0.2) is 36.4 Å². The monoisotopic (exact) mass is 446 g/mol. The second kappa shape index (κ2) is 9.58. The fraction of sp³-hybridized carbons (Fsp3) is 0.391. The number of nitrogens with one attached hydrogen (secondary N) is 1. The van der Waals surface area contributed by atoms with Gasteiger partial charge in [-0.25, -0.2) is 0 Å². The van der Waals surface area contributed by atoms with E-state index in [1.54, 1.807) is 48.4 Å². The number of halogens is 1. The van der Waals surface area contributed by atoms with Gasteiger partial charge in [0.25, 0.3) is 5.91 Å². The molecule has 0 fully saturated rings. The average Bonchev–Trinajstić information content (AvgIpc) is 2.76. The Morgan fingerprint density at radius 1 is 1.10 bits per heavy atom. The summed E-state index contributed by atoms with van der Waals surface area (Å²) in [4.78, 5) is 27.6. The molecule has 166 valence electrons. The van der Waals surface area contributed by atoms with E-state index in [9.17, 15) is 14.7 Å². The van der Waals surface area contributed by atoms with Crippen molar-refractivity contribution in [3.05, 3.63) is 58.1 Å². The summed E-state index contributed by atoms with van der Waals surface area (Å²) in [5.74, 6) is 0.327. The Morgan fingerprint density at radius 3 is 2.29 bits per heavy atom. The summed E-state index contributed by atoms with van der Waals surface area (Å²) in [5.41, 5.74) is 1.73. The minimum atomic E-state index is -0.933. The Balaban J connectivity index is 1.85. The number of carbonyl (C=O) groups excluding carboxylic acids is 2. The molecule has 1 aliphatic rings. The van der Waals surface area contributed by atoms with E-state index < -0.39 is 12.1 Å². The summed E-state index contributed by atoms with van der Waals surface area (Å²) in [5, 5.41) is 14.1. The van der Waals surface area contributed by atoms with Crippen LogP contribution in [0.4, 0.5) is 0 Å². The van der Waals surface area contributed by atoms with Crippen LogP contribution in [0.5, 0.6) is 11.5 Å². The van der Waals surface area contributed by atoms with Crippen molar-refractivity contribution in [3.8, 4) is 11.5 Å². The zero-order chi connectivity index (χ0) is 22.7. The number of methoxy groups -OCH3 is 2. The van der Waals surface area contributed by atoms with Crippen LogP contribution in [-0.2, 0) is 11.3 Å². The molecule has 31 heavy (non-hydrogen) atoms. The van der Waals surface area contributed by atoms with Crippen LogP contribution in [0.1, 0.15) is 41.4 Å². The van der Waals surface area contributed by atoms with Gasteiger partial charge in [0, 0.05) is 28.3 Å². The van der Waals surface area contributed by atoms with Gasteiger partial charge in [-0.1, -0.05) is 25.4 Å². The van der Waals surface area contributed by atoms with Gasteiger partial charge in [-0.05, 0) is 42.3 Å². The van der Waals surface area contributed by atoms with Crippen molar-refractivity contribution < 1.29 is 24.2 Å². The van der Waals surface area contributed by atoms with E-state index in [1.165, 1.54) is 7.11 Å². The highest BCUT2D eigenvalue weighted by Gasteiger charge is 2.36. The van der Waals surface area contributed by atoms with Crippen LogP contribution in [0.3, 0.4) is 0 Å². The lowest BCUT2D eigenvalue weighted by Crippen LogP contribution is -2.52. The number of rotatable bonds is 6. The van der Waals surface area contributed by atoms with E-state index in [2.05, 4.69) is 5.32 Å². The summed E-state index contributed by atoms with van der Waals surface area (Å²) in [6.07, 6.45) is -0.933. The number of β-amino-alcohol motifs (C(OH)–C–C–N with tert-alkyl or cyclic N) is 1. The zero-order valence-corrected chi connectivity index (χ0v) is 18.8. The third kappa shape index (κ3) is 4.78. The second-order valence-corrected chi connectivity index (χ2v) is 8.24. The molecule has 2 aromatic rings. The minimum absolute atomic E-state index is 0.0927. The van der Waals surface area contributed by atoms with E-state index in [1.807, 2.05) is 13.8 Å². The first-order valence-electron chi connectivity index (χ1n) is 10.0. The molecule has 7 nitrogen and oxygen atoms in total. The van der Waals surface area contributed by atoms with Gasteiger partial charge in [0.15, 0.2) is 0 Å². The molecule has 0 aliphatic carbocycles. The lowest BCUT2D eigenvalue weighted by molar-refractivity contribution is -0.137. The largest absolute Gasteiger partial charge is 0.496 e. The van der Waals surface area contributed by atoms with Gasteiger partial charge in [-0.3, -0.25) is 9.59 Å². The summed E-state index contributed by atoms with van der Waals surface area (Å²) in [7, 11) is 3.08. The van der Waals surface area contributed by atoms with Gasteiger partial charge in [0.1, 0.15) is 23.6 Å². The van der Waals surface area contributed by atoms with Crippen molar-refractivity contribution in [2.45, 2.75) is 32.5 Å². The number of hydrogen-bond donors (Lipinski definition) is 2. The van der Waals surface area contributed by atoms with Crippen molar-refractivity contribution >= 4 is 23.4 Å². The molecular weight excluding hydrogens is 420 g/mol. The molecule has 8 heteroatoms. The van der Waals surface area contributed by atoms with Crippen molar-refractivity contribution in [1.29, 1.82) is 0 Å². The number of fused-ring (bicyclic) bond motifs is 1. The third-order valence-electron chi connectivity index (χ3n) is 5.43. The van der Waals surface area contributed by atoms with Gasteiger partial charge in [0.05, 0.1) is 20.8 Å². The van der Waals surface area contributed by atoms with Crippen molar-refractivity contribution in [1.82, 2.24) is 10.2 Å². The third-order valence-corrected chi connectivity index (χ3v) is 5.68. The highest BCUT2D eigenvalue weighted by Crippen LogP contribution is 2.39. The van der Waals surface area contributed by atoms with E-state index >= 15 is 0 Å². The number of hydrogen-bond acceptors (Lipinski definition) is 5. The lowest BCUT2D eigenvalue weighted by atomic mass is 9.93. The van der Waals surface area contributed by atoms with Gasteiger partial charge >= 0.3 is 0 Å². The summed E-state index contributed by atoms with van der Waals surface area (Å²) >= 11 is 5.89. The molecule has 0 aromatic heterocycles. The predicted octanol–water partition coefficient (Wildman–Crippen LogP) is 3.19. The van der Waals surface area contributed by atoms with E-state index in [0.29, 0.717) is 33.2 Å². The first-order chi connectivity index (χ1) is 14.8. The topological polar surface area (TPSA) is 88.1 Å². The minimum Gasteiger partial charge on any atom is -0.496 e. The summed E-state index contributed by atoms with van der Waals surface area (Å²) in [6, 6.07) is 9.20. The number of ether oxygens (including phenoxy) is 2. The molecule has 2 N–H and O–H groups in total. The van der Waals surface area contributed by atoms with Crippen LogP contribution in [0.25, 0.3) is 0 Å². The SMILES string of the molecule is COc1ccc(OC)c2c1CN(C(=O)[C@@H](NC(=O)c1ccc(Cl)cc1)C(C)C)C[C@H]2O.